The van der Waals surface area contributed by atoms with Crippen LogP contribution in [0.3, 0.4) is 0 Å². The van der Waals surface area contributed by atoms with Crippen LogP contribution in [0.4, 0.5) is 0 Å². The molecule has 0 aromatic heterocycles. The van der Waals surface area contributed by atoms with E-state index in [2.05, 4.69) is 16.0 Å². The topological polar surface area (TPSA) is 62.4 Å². The van der Waals surface area contributed by atoms with Gasteiger partial charge in [-0.2, -0.15) is 0 Å². The van der Waals surface area contributed by atoms with E-state index in [1.54, 1.807) is 7.11 Å². The molecule has 1 amide bonds. The van der Waals surface area contributed by atoms with Crippen molar-refractivity contribution in [3.05, 3.63) is 77.0 Å². The largest absolute Gasteiger partial charge is 0.497 e. The number of hydrogen-bond donors (Lipinski definition) is 3. The fourth-order valence-corrected chi connectivity index (χ4v) is 3.21. The van der Waals surface area contributed by atoms with E-state index in [1.165, 1.54) is 0 Å². The van der Waals surface area contributed by atoms with Gasteiger partial charge in [-0.25, -0.2) is 0 Å². The molecule has 1 unspecified atom stereocenters. The Morgan fingerprint density at radius 3 is 2.69 bits per heavy atom. The maximum Gasteiger partial charge on any atom is 0.251 e. The monoisotopic (exact) mass is 367 g/mol. The van der Waals surface area contributed by atoms with Crippen molar-refractivity contribution in [2.75, 3.05) is 7.11 Å². The predicted molar refractivity (Wildman–Crippen MR) is 106 cm³/mol. The van der Waals surface area contributed by atoms with Gasteiger partial charge in [0.2, 0.25) is 0 Å². The first-order valence-corrected chi connectivity index (χ1v) is 8.73. The number of hydrogen-bond acceptors (Lipinski definition) is 3. The summed E-state index contributed by atoms with van der Waals surface area (Å²) in [6.07, 6.45) is 0. The highest BCUT2D eigenvalue weighted by atomic mass is 32.1. The number of methoxy groups -OCH3 is 1. The summed E-state index contributed by atoms with van der Waals surface area (Å²) in [5.41, 5.74) is 3.32. The molecule has 3 N–H and O–H groups in total. The summed E-state index contributed by atoms with van der Waals surface area (Å²) in [5.74, 6) is 0.595. The van der Waals surface area contributed by atoms with E-state index in [4.69, 9.17) is 17.0 Å². The van der Waals surface area contributed by atoms with Crippen LogP contribution >= 0.6 is 12.2 Å². The average Bonchev–Trinajstić information content (AvgIpc) is 2.66. The third-order valence-corrected chi connectivity index (χ3v) is 4.46. The Hall–Kier alpha value is -2.86. The Labute approximate surface area is 158 Å². The summed E-state index contributed by atoms with van der Waals surface area (Å²) in [6, 6.07) is 17.1. The fraction of sp³-hybridized carbons (Fsp3) is 0.200. The molecule has 3 rings (SSSR count). The van der Waals surface area contributed by atoms with Crippen LogP contribution in [-0.2, 0) is 11.3 Å². The van der Waals surface area contributed by atoms with Gasteiger partial charge in [0, 0.05) is 12.2 Å². The van der Waals surface area contributed by atoms with Crippen molar-refractivity contribution in [1.29, 1.82) is 0 Å². The molecule has 6 heteroatoms. The summed E-state index contributed by atoms with van der Waals surface area (Å²) >= 11 is 5.28. The Balaban J connectivity index is 1.86. The van der Waals surface area contributed by atoms with Gasteiger partial charge in [-0.1, -0.05) is 42.5 Å². The number of ether oxygens (including phenoxy) is 1. The van der Waals surface area contributed by atoms with E-state index in [0.29, 0.717) is 17.2 Å². The fourth-order valence-electron chi connectivity index (χ4n) is 2.94. The van der Waals surface area contributed by atoms with Crippen molar-refractivity contribution in [3.8, 4) is 5.75 Å². The van der Waals surface area contributed by atoms with Crippen molar-refractivity contribution >= 4 is 23.2 Å². The lowest BCUT2D eigenvalue weighted by Gasteiger charge is -2.30. The summed E-state index contributed by atoms with van der Waals surface area (Å²) in [5, 5.41) is 9.72. The van der Waals surface area contributed by atoms with Crippen molar-refractivity contribution in [2.24, 2.45) is 0 Å². The molecule has 2 aromatic rings. The van der Waals surface area contributed by atoms with Gasteiger partial charge in [-0.15, -0.1) is 0 Å². The number of carbonyl (C=O) groups is 1. The van der Waals surface area contributed by atoms with Crippen LogP contribution in [0.2, 0.25) is 0 Å². The average molecular weight is 367 g/mol. The maximum absolute atomic E-state index is 12.9. The molecule has 0 saturated heterocycles. The minimum absolute atomic E-state index is 0.137. The Morgan fingerprint density at radius 2 is 1.96 bits per heavy atom. The van der Waals surface area contributed by atoms with Crippen LogP contribution in [0.5, 0.6) is 5.75 Å². The number of thiocarbonyl (C=S) groups is 1. The molecule has 0 aliphatic carbocycles. The summed E-state index contributed by atoms with van der Waals surface area (Å²) in [7, 11) is 1.62. The first kappa shape index (κ1) is 17.9. The minimum Gasteiger partial charge on any atom is -0.497 e. The second-order valence-corrected chi connectivity index (χ2v) is 6.42. The first-order valence-electron chi connectivity index (χ1n) is 8.33. The smallest absolute Gasteiger partial charge is 0.251 e. The van der Waals surface area contributed by atoms with Gasteiger partial charge >= 0.3 is 0 Å². The van der Waals surface area contributed by atoms with Crippen LogP contribution < -0.4 is 20.7 Å². The molecule has 5 nitrogen and oxygen atoms in total. The van der Waals surface area contributed by atoms with E-state index in [-0.39, 0.29) is 11.9 Å². The van der Waals surface area contributed by atoms with Crippen LogP contribution in [0, 0.1) is 0 Å². The van der Waals surface area contributed by atoms with Crippen molar-refractivity contribution in [3.63, 3.8) is 0 Å². The lowest BCUT2D eigenvalue weighted by molar-refractivity contribution is -0.118. The number of rotatable bonds is 5. The van der Waals surface area contributed by atoms with E-state index < -0.39 is 0 Å². The molecule has 0 fully saturated rings. The van der Waals surface area contributed by atoms with Crippen LogP contribution in [0.15, 0.2) is 65.9 Å². The molecule has 26 heavy (non-hydrogen) atoms. The van der Waals surface area contributed by atoms with Crippen molar-refractivity contribution in [2.45, 2.75) is 19.5 Å². The predicted octanol–water partition coefficient (Wildman–Crippen LogP) is 2.80. The number of amides is 1. The van der Waals surface area contributed by atoms with Crippen molar-refractivity contribution in [1.82, 2.24) is 16.0 Å². The molecule has 0 radical (unpaired) electrons. The Morgan fingerprint density at radius 1 is 1.19 bits per heavy atom. The molecule has 1 aliphatic heterocycles. The highest BCUT2D eigenvalue weighted by Crippen LogP contribution is 2.29. The van der Waals surface area contributed by atoms with E-state index >= 15 is 0 Å². The van der Waals surface area contributed by atoms with Crippen LogP contribution in [0.25, 0.3) is 0 Å². The second-order valence-electron chi connectivity index (χ2n) is 6.02. The van der Waals surface area contributed by atoms with E-state index in [9.17, 15) is 4.79 Å². The van der Waals surface area contributed by atoms with Gasteiger partial charge in [0.1, 0.15) is 5.75 Å². The van der Waals surface area contributed by atoms with E-state index in [0.717, 1.165) is 22.6 Å². The maximum atomic E-state index is 12.9. The zero-order valence-electron chi connectivity index (χ0n) is 14.7. The van der Waals surface area contributed by atoms with Crippen molar-refractivity contribution < 1.29 is 9.53 Å². The lowest BCUT2D eigenvalue weighted by Crippen LogP contribution is -2.46. The Kier molecular flexibility index (Phi) is 5.53. The van der Waals surface area contributed by atoms with Gasteiger partial charge in [0.25, 0.3) is 5.91 Å². The molecular weight excluding hydrogens is 346 g/mol. The van der Waals surface area contributed by atoms with Crippen LogP contribution in [-0.4, -0.2) is 18.1 Å². The molecule has 1 heterocycles. The summed E-state index contributed by atoms with van der Waals surface area (Å²) in [6.45, 7) is 2.32. The quantitative estimate of drug-likeness (QED) is 0.710. The number of carbonyl (C=O) groups excluding carboxylic acids is 1. The highest BCUT2D eigenvalue weighted by Gasteiger charge is 2.29. The molecule has 1 aliphatic rings. The number of benzene rings is 2. The third-order valence-electron chi connectivity index (χ3n) is 4.24. The third kappa shape index (κ3) is 4.03. The molecule has 134 valence electrons. The molecule has 0 spiro atoms. The minimum atomic E-state index is -0.338. The lowest BCUT2D eigenvalue weighted by atomic mass is 9.94. The summed E-state index contributed by atoms with van der Waals surface area (Å²) < 4.78 is 5.31. The standard InChI is InChI=1S/C20H21N3O2S/c1-13-17(19(24)21-12-14-7-4-3-5-8-14)18(23-20(26)22-13)15-9-6-10-16(11-15)25-2/h3-11,18H,12H2,1-2H3,(H,21,24)(H2,22,23,26). The zero-order valence-corrected chi connectivity index (χ0v) is 15.5. The molecule has 2 aromatic carbocycles. The van der Waals surface area contributed by atoms with Gasteiger partial charge < -0.3 is 20.7 Å². The van der Waals surface area contributed by atoms with Gasteiger partial charge in [0.15, 0.2) is 5.11 Å². The number of allylic oxidation sites excluding steroid dienone is 1. The molecule has 0 saturated carbocycles. The van der Waals surface area contributed by atoms with Crippen LogP contribution in [0.1, 0.15) is 24.1 Å². The number of nitrogens with one attached hydrogen (secondary N) is 3. The second kappa shape index (κ2) is 8.01. The summed E-state index contributed by atoms with van der Waals surface area (Å²) in [4.78, 5) is 12.9. The van der Waals surface area contributed by atoms with Gasteiger partial charge in [-0.05, 0) is 42.4 Å². The first-order chi connectivity index (χ1) is 12.6. The van der Waals surface area contributed by atoms with Gasteiger partial charge in [0.05, 0.1) is 18.7 Å². The highest BCUT2D eigenvalue weighted by molar-refractivity contribution is 7.80. The SMILES string of the molecule is COc1cccc(C2NC(=S)NC(C)=C2C(=O)NCc2ccccc2)c1. The Bertz CT molecular complexity index is 849. The normalized spacial score (nSPS) is 16.5. The molecular formula is C20H21N3O2S. The molecule has 0 bridgehead atoms. The zero-order chi connectivity index (χ0) is 18.5. The molecule has 1 atom stereocenters. The van der Waals surface area contributed by atoms with E-state index in [1.807, 2.05) is 61.5 Å². The van der Waals surface area contributed by atoms with Gasteiger partial charge in [-0.3, -0.25) is 4.79 Å².